The van der Waals surface area contributed by atoms with E-state index in [2.05, 4.69) is 36.5 Å². The zero-order chi connectivity index (χ0) is 13.8. The quantitative estimate of drug-likeness (QED) is 0.568. The van der Waals surface area contributed by atoms with Gasteiger partial charge in [-0.2, -0.15) is 8.42 Å². The summed E-state index contributed by atoms with van der Waals surface area (Å²) in [6.45, 7) is 4.14. The molecule has 1 aromatic carbocycles. The summed E-state index contributed by atoms with van der Waals surface area (Å²) in [6.07, 6.45) is 0.715. The molecular formula is C12H18ClNO3S. The van der Waals surface area contributed by atoms with Crippen LogP contribution >= 0.6 is 11.6 Å². The minimum absolute atomic E-state index is 0.126. The van der Waals surface area contributed by atoms with E-state index in [4.69, 9.17) is 16.2 Å². The molecule has 1 aromatic rings. The maximum Gasteiger partial charge on any atom is 0.261 e. The van der Waals surface area contributed by atoms with Crippen LogP contribution in [0.5, 0.6) is 0 Å². The van der Waals surface area contributed by atoms with E-state index in [0.717, 1.165) is 13.1 Å². The van der Waals surface area contributed by atoms with Crippen molar-refractivity contribution in [2.24, 2.45) is 0 Å². The Kier molecular flexibility index (Phi) is 5.59. The van der Waals surface area contributed by atoms with Gasteiger partial charge in [-0.05, 0) is 17.0 Å². The van der Waals surface area contributed by atoms with Gasteiger partial charge >= 0.3 is 0 Å². The molecule has 0 amide bonds. The second kappa shape index (κ2) is 6.52. The summed E-state index contributed by atoms with van der Waals surface area (Å²) in [7, 11) is -3.67. The zero-order valence-corrected chi connectivity index (χ0v) is 12.0. The van der Waals surface area contributed by atoms with Crippen LogP contribution in [-0.2, 0) is 10.1 Å². The lowest BCUT2D eigenvalue weighted by atomic mass is 9.95. The molecule has 102 valence electrons. The number of rotatable bonds is 0. The molecule has 0 saturated carbocycles. The largest absolute Gasteiger partial charge is 0.314 e. The zero-order valence-electron chi connectivity index (χ0n) is 10.4. The van der Waals surface area contributed by atoms with Crippen LogP contribution in [0.25, 0.3) is 0 Å². The first-order chi connectivity index (χ1) is 8.29. The summed E-state index contributed by atoms with van der Waals surface area (Å²) in [5, 5.41) is 3.49. The first kappa shape index (κ1) is 15.4. The molecule has 4 nitrogen and oxygen atoms in total. The van der Waals surface area contributed by atoms with E-state index in [1.807, 2.05) is 0 Å². The van der Waals surface area contributed by atoms with Gasteiger partial charge in [-0.15, -0.1) is 11.6 Å². The average molecular weight is 292 g/mol. The minimum Gasteiger partial charge on any atom is -0.314 e. The summed E-state index contributed by atoms with van der Waals surface area (Å²) < 4.78 is 25.9. The van der Waals surface area contributed by atoms with Crippen molar-refractivity contribution in [1.29, 1.82) is 0 Å². The second-order valence-corrected chi connectivity index (χ2v) is 6.38. The predicted octanol–water partition coefficient (Wildman–Crippen LogP) is 2.18. The number of hydrogen-bond acceptors (Lipinski definition) is 3. The van der Waals surface area contributed by atoms with Gasteiger partial charge in [0.15, 0.2) is 0 Å². The van der Waals surface area contributed by atoms with E-state index in [-0.39, 0.29) is 5.38 Å². The van der Waals surface area contributed by atoms with Crippen LogP contribution in [0, 0.1) is 0 Å². The van der Waals surface area contributed by atoms with Crippen LogP contribution in [0.15, 0.2) is 24.3 Å². The van der Waals surface area contributed by atoms with Crippen molar-refractivity contribution < 1.29 is 13.0 Å². The molecule has 0 radical (unpaired) electrons. The average Bonchev–Trinajstić information content (AvgIpc) is 2.39. The monoisotopic (exact) mass is 291 g/mol. The van der Waals surface area contributed by atoms with Crippen LogP contribution in [-0.4, -0.2) is 32.3 Å². The van der Waals surface area contributed by atoms with Crippen molar-refractivity contribution in [1.82, 2.24) is 5.32 Å². The lowest BCUT2D eigenvalue weighted by Crippen LogP contribution is -2.19. The van der Waals surface area contributed by atoms with Crippen LogP contribution in [0.4, 0.5) is 0 Å². The van der Waals surface area contributed by atoms with Crippen molar-refractivity contribution >= 4 is 21.7 Å². The van der Waals surface area contributed by atoms with Gasteiger partial charge < -0.3 is 5.32 Å². The fourth-order valence-corrected chi connectivity index (χ4v) is 2.20. The molecule has 0 aliphatic carbocycles. The number of halogens is 1. The first-order valence-electron chi connectivity index (χ1n) is 5.65. The molecular weight excluding hydrogens is 274 g/mol. The van der Waals surface area contributed by atoms with E-state index in [0.29, 0.717) is 12.2 Å². The second-order valence-electron chi connectivity index (χ2n) is 4.39. The van der Waals surface area contributed by atoms with E-state index in [1.54, 1.807) is 0 Å². The summed E-state index contributed by atoms with van der Waals surface area (Å²) in [5.41, 5.74) is 2.69. The Morgan fingerprint density at radius 3 is 2.33 bits per heavy atom. The van der Waals surface area contributed by atoms with Gasteiger partial charge in [-0.25, -0.2) is 0 Å². The molecule has 2 unspecified atom stereocenters. The molecule has 2 N–H and O–H groups in total. The third kappa shape index (κ3) is 5.35. The van der Waals surface area contributed by atoms with Gasteiger partial charge in [0.05, 0.1) is 11.6 Å². The van der Waals surface area contributed by atoms with Crippen LogP contribution in [0.2, 0.25) is 0 Å². The molecule has 0 bridgehead atoms. The van der Waals surface area contributed by atoms with Gasteiger partial charge in [0, 0.05) is 13.1 Å². The third-order valence-corrected chi connectivity index (χ3v) is 3.03. The minimum atomic E-state index is -3.67. The fourth-order valence-electron chi connectivity index (χ4n) is 1.89. The number of hydrogen-bond donors (Lipinski definition) is 2. The highest BCUT2D eigenvalue weighted by atomic mass is 35.5. The summed E-state index contributed by atoms with van der Waals surface area (Å²) >= 11 is 6.25. The van der Waals surface area contributed by atoms with E-state index < -0.39 is 10.1 Å². The van der Waals surface area contributed by atoms with Gasteiger partial charge in [-0.3, -0.25) is 4.55 Å². The molecule has 18 heavy (non-hydrogen) atoms. The Morgan fingerprint density at radius 2 is 1.78 bits per heavy atom. The fraction of sp³-hybridized carbons (Fsp3) is 0.500. The Balaban J connectivity index is 0.000000280. The molecule has 1 aliphatic rings. The van der Waals surface area contributed by atoms with Gasteiger partial charge in [0.2, 0.25) is 0 Å². The van der Waals surface area contributed by atoms with Crippen LogP contribution < -0.4 is 5.32 Å². The lowest BCUT2D eigenvalue weighted by Gasteiger charge is -2.12. The van der Waals surface area contributed by atoms with Crippen molar-refractivity contribution in [3.63, 3.8) is 0 Å². The molecule has 1 heterocycles. The summed E-state index contributed by atoms with van der Waals surface area (Å²) in [4.78, 5) is 0. The van der Waals surface area contributed by atoms with Crippen LogP contribution in [0.1, 0.15) is 29.3 Å². The Hall–Kier alpha value is -0.620. The van der Waals surface area contributed by atoms with E-state index in [1.165, 1.54) is 11.1 Å². The Morgan fingerprint density at radius 1 is 1.28 bits per heavy atom. The molecule has 2 atom stereocenters. The lowest BCUT2D eigenvalue weighted by molar-refractivity contribution is 0.490. The van der Waals surface area contributed by atoms with Crippen molar-refractivity contribution in [3.8, 4) is 0 Å². The molecule has 0 aromatic heterocycles. The van der Waals surface area contributed by atoms with Crippen molar-refractivity contribution in [3.05, 3.63) is 35.4 Å². The molecule has 1 aliphatic heterocycles. The number of benzene rings is 1. The van der Waals surface area contributed by atoms with Crippen molar-refractivity contribution in [2.75, 3.05) is 19.3 Å². The van der Waals surface area contributed by atoms with Gasteiger partial charge in [0.25, 0.3) is 10.1 Å². The van der Waals surface area contributed by atoms with Crippen molar-refractivity contribution in [2.45, 2.75) is 18.2 Å². The van der Waals surface area contributed by atoms with Gasteiger partial charge in [0.1, 0.15) is 0 Å². The van der Waals surface area contributed by atoms with E-state index in [9.17, 15) is 8.42 Å². The topological polar surface area (TPSA) is 66.4 Å². The first-order valence-corrected chi connectivity index (χ1v) is 7.93. The maximum atomic E-state index is 9.19. The van der Waals surface area contributed by atoms with Crippen LogP contribution in [0.3, 0.4) is 0 Å². The number of alkyl halides is 1. The molecule has 6 heteroatoms. The third-order valence-electron chi connectivity index (χ3n) is 2.64. The molecule has 0 spiro atoms. The van der Waals surface area contributed by atoms with Gasteiger partial charge in [-0.1, -0.05) is 31.2 Å². The smallest absolute Gasteiger partial charge is 0.261 e. The number of nitrogens with one attached hydrogen (secondary N) is 1. The SMILES string of the molecule is CC1CNCC(Cl)c2ccccc21.CS(=O)(=O)O. The Labute approximate surface area is 113 Å². The molecule has 2 rings (SSSR count). The highest BCUT2D eigenvalue weighted by Crippen LogP contribution is 2.30. The highest BCUT2D eigenvalue weighted by Gasteiger charge is 2.19. The Bertz CT molecular complexity index is 453. The van der Waals surface area contributed by atoms with E-state index >= 15 is 0 Å². The summed E-state index contributed by atoms with van der Waals surface area (Å²) in [6, 6.07) is 8.47. The molecule has 0 saturated heterocycles. The highest BCUT2D eigenvalue weighted by molar-refractivity contribution is 7.85. The summed E-state index contributed by atoms with van der Waals surface area (Å²) in [5.74, 6) is 0.569. The molecule has 0 fully saturated rings. The number of fused-ring (bicyclic) bond motifs is 1. The standard InChI is InChI=1S/C11H14ClN.CH4O3S/c1-8-6-13-7-11(12)10-5-3-2-4-9(8)10;1-5(2,3)4/h2-5,8,11,13H,6-7H2,1H3;1H3,(H,2,3,4). The predicted molar refractivity (Wildman–Crippen MR) is 73.8 cm³/mol. The normalized spacial score (nSPS) is 23.3. The maximum absolute atomic E-state index is 9.19.